The van der Waals surface area contributed by atoms with E-state index in [1.54, 1.807) is 12.3 Å². The van der Waals surface area contributed by atoms with E-state index in [4.69, 9.17) is 16.9 Å². The van der Waals surface area contributed by atoms with Crippen LogP contribution in [0.15, 0.2) is 12.3 Å². The molecular weight excluding hydrogens is 324 g/mol. The van der Waals surface area contributed by atoms with Gasteiger partial charge in [0.15, 0.2) is 5.82 Å². The van der Waals surface area contributed by atoms with E-state index in [0.717, 1.165) is 49.8 Å². The monoisotopic (exact) mass is 342 g/mol. The van der Waals surface area contributed by atoms with Gasteiger partial charge in [0.05, 0.1) is 16.6 Å². The van der Waals surface area contributed by atoms with Gasteiger partial charge in [-0.2, -0.15) is 5.26 Å². The Balaban J connectivity index is 1.69. The Labute approximate surface area is 146 Å². The molecule has 24 heavy (non-hydrogen) atoms. The number of hydrogen-bond acceptors (Lipinski definition) is 5. The van der Waals surface area contributed by atoms with Gasteiger partial charge >= 0.3 is 0 Å². The van der Waals surface area contributed by atoms with Gasteiger partial charge in [-0.3, -0.25) is 0 Å². The Kier molecular flexibility index (Phi) is 4.11. The predicted molar refractivity (Wildman–Crippen MR) is 90.9 cm³/mol. The van der Waals surface area contributed by atoms with Gasteiger partial charge in [-0.25, -0.2) is 4.98 Å². The highest BCUT2D eigenvalue weighted by molar-refractivity contribution is 6.33. The minimum atomic E-state index is 0.155. The van der Waals surface area contributed by atoms with Crippen molar-refractivity contribution in [2.24, 2.45) is 0 Å². The van der Waals surface area contributed by atoms with Crippen LogP contribution in [0.2, 0.25) is 5.02 Å². The van der Waals surface area contributed by atoms with Crippen molar-refractivity contribution in [1.82, 2.24) is 19.7 Å². The maximum absolute atomic E-state index is 9.00. The van der Waals surface area contributed by atoms with Crippen molar-refractivity contribution in [3.63, 3.8) is 0 Å². The second-order valence-corrected chi connectivity index (χ2v) is 6.84. The van der Waals surface area contributed by atoms with E-state index in [2.05, 4.69) is 30.7 Å². The molecule has 1 atom stereocenters. The quantitative estimate of drug-likeness (QED) is 0.837. The van der Waals surface area contributed by atoms with Gasteiger partial charge in [-0.15, -0.1) is 10.2 Å². The lowest BCUT2D eigenvalue weighted by atomic mass is 10.2. The zero-order valence-corrected chi connectivity index (χ0v) is 14.2. The third kappa shape index (κ3) is 2.63. The number of halogens is 1. The highest BCUT2D eigenvalue weighted by Gasteiger charge is 2.33. The van der Waals surface area contributed by atoms with Crippen molar-refractivity contribution in [2.45, 2.75) is 51.1 Å². The first-order valence-corrected chi connectivity index (χ1v) is 8.90. The summed E-state index contributed by atoms with van der Waals surface area (Å²) in [6.07, 6.45) is 8.31. The fraction of sp³-hybridized carbons (Fsp3) is 0.529. The molecule has 2 aromatic heterocycles. The maximum Gasteiger partial charge on any atom is 0.155 e. The third-order valence-corrected chi connectivity index (χ3v) is 5.19. The van der Waals surface area contributed by atoms with Crippen molar-refractivity contribution < 1.29 is 0 Å². The molecule has 2 aliphatic rings. The molecule has 4 heterocycles. The van der Waals surface area contributed by atoms with Crippen LogP contribution in [0.5, 0.6) is 0 Å². The number of fused-ring (bicyclic) bond motifs is 1. The van der Waals surface area contributed by atoms with Crippen LogP contribution >= 0.6 is 11.6 Å². The second kappa shape index (κ2) is 6.40. The normalized spacial score (nSPS) is 20.5. The summed E-state index contributed by atoms with van der Waals surface area (Å²) in [6, 6.07) is 3.92. The Hall–Kier alpha value is -2.13. The van der Waals surface area contributed by atoms with Gasteiger partial charge in [0.1, 0.15) is 17.7 Å². The summed E-state index contributed by atoms with van der Waals surface area (Å²) in [5, 5.41) is 18.5. The van der Waals surface area contributed by atoms with Crippen molar-refractivity contribution >= 4 is 17.4 Å². The average molecular weight is 343 g/mol. The van der Waals surface area contributed by atoms with Crippen molar-refractivity contribution in [2.75, 3.05) is 11.4 Å². The summed E-state index contributed by atoms with van der Waals surface area (Å²) in [4.78, 5) is 6.65. The van der Waals surface area contributed by atoms with E-state index in [-0.39, 0.29) is 6.04 Å². The van der Waals surface area contributed by atoms with E-state index in [9.17, 15) is 0 Å². The summed E-state index contributed by atoms with van der Waals surface area (Å²) < 4.78 is 2.30. The van der Waals surface area contributed by atoms with E-state index in [1.165, 1.54) is 19.3 Å². The summed E-state index contributed by atoms with van der Waals surface area (Å²) in [6.45, 7) is 1.89. The largest absolute Gasteiger partial charge is 0.345 e. The topological polar surface area (TPSA) is 70.6 Å². The lowest BCUT2D eigenvalue weighted by Gasteiger charge is -2.26. The van der Waals surface area contributed by atoms with Gasteiger partial charge in [0.2, 0.25) is 0 Å². The van der Waals surface area contributed by atoms with Crippen molar-refractivity contribution in [1.29, 1.82) is 5.26 Å². The molecule has 1 saturated heterocycles. The summed E-state index contributed by atoms with van der Waals surface area (Å²) in [7, 11) is 0. The number of pyridine rings is 1. The van der Waals surface area contributed by atoms with Crippen LogP contribution in [0.3, 0.4) is 0 Å². The number of hydrogen-bond donors (Lipinski definition) is 0. The molecule has 0 saturated carbocycles. The zero-order chi connectivity index (χ0) is 16.5. The SMILES string of the molecule is N#Cc1cnc(N2CCC[C@@H]2c2nnc3n2CCCCC3)c(Cl)c1. The smallest absolute Gasteiger partial charge is 0.155 e. The standard InChI is InChI=1S/C17H19ClN6/c18-13-9-12(10-19)11-20-16(13)23-8-4-5-14(23)17-22-21-15-6-2-1-3-7-24(15)17/h9,11,14H,1-8H2/t14-/m1/s1. The molecule has 0 radical (unpaired) electrons. The molecule has 0 aliphatic carbocycles. The molecule has 0 bridgehead atoms. The van der Waals surface area contributed by atoms with Gasteiger partial charge in [-0.05, 0) is 31.7 Å². The van der Waals surface area contributed by atoms with Crippen molar-refractivity contribution in [3.05, 3.63) is 34.5 Å². The lowest BCUT2D eigenvalue weighted by molar-refractivity contribution is 0.558. The Morgan fingerprint density at radius 2 is 2.08 bits per heavy atom. The lowest BCUT2D eigenvalue weighted by Crippen LogP contribution is -2.26. The molecule has 2 aliphatic heterocycles. The maximum atomic E-state index is 9.00. The molecule has 0 spiro atoms. The van der Waals surface area contributed by atoms with E-state index in [1.807, 2.05) is 0 Å². The minimum absolute atomic E-state index is 0.155. The minimum Gasteiger partial charge on any atom is -0.345 e. The number of aryl methyl sites for hydroxylation is 1. The second-order valence-electron chi connectivity index (χ2n) is 6.43. The fourth-order valence-electron chi connectivity index (χ4n) is 3.75. The molecule has 4 rings (SSSR count). The van der Waals surface area contributed by atoms with Crippen molar-refractivity contribution in [3.8, 4) is 6.07 Å². The summed E-state index contributed by atoms with van der Waals surface area (Å²) in [5.41, 5.74) is 0.482. The van der Waals surface area contributed by atoms with E-state index in [0.29, 0.717) is 10.6 Å². The molecular formula is C17H19ClN6. The first-order chi connectivity index (χ1) is 11.8. The van der Waals surface area contributed by atoms with Crippen LogP contribution in [0.4, 0.5) is 5.82 Å². The van der Waals surface area contributed by atoms with Crippen LogP contribution in [-0.4, -0.2) is 26.3 Å². The number of nitriles is 1. The van der Waals surface area contributed by atoms with Gasteiger partial charge in [0, 0.05) is 25.7 Å². The molecule has 0 amide bonds. The van der Waals surface area contributed by atoms with Gasteiger partial charge in [-0.1, -0.05) is 18.0 Å². The van der Waals surface area contributed by atoms with Crippen LogP contribution in [0.1, 0.15) is 55.4 Å². The number of rotatable bonds is 2. The van der Waals surface area contributed by atoms with Crippen LogP contribution in [0.25, 0.3) is 0 Å². The fourth-order valence-corrected chi connectivity index (χ4v) is 4.02. The molecule has 0 N–H and O–H groups in total. The molecule has 1 fully saturated rings. The number of nitrogens with zero attached hydrogens (tertiary/aromatic N) is 6. The highest BCUT2D eigenvalue weighted by atomic mass is 35.5. The predicted octanol–water partition coefficient (Wildman–Crippen LogP) is 3.27. The van der Waals surface area contributed by atoms with Gasteiger partial charge < -0.3 is 9.47 Å². The molecule has 0 unspecified atom stereocenters. The van der Waals surface area contributed by atoms with Crippen LogP contribution < -0.4 is 4.90 Å². The van der Waals surface area contributed by atoms with E-state index >= 15 is 0 Å². The highest BCUT2D eigenvalue weighted by Crippen LogP contribution is 2.38. The molecule has 2 aromatic rings. The molecule has 7 heteroatoms. The average Bonchev–Trinajstić information content (AvgIpc) is 3.15. The van der Waals surface area contributed by atoms with E-state index < -0.39 is 0 Å². The first kappa shape index (κ1) is 15.4. The van der Waals surface area contributed by atoms with Gasteiger partial charge in [0.25, 0.3) is 0 Å². The number of aromatic nitrogens is 4. The Bertz CT molecular complexity index is 793. The van der Waals surface area contributed by atoms with Crippen LogP contribution in [0, 0.1) is 11.3 Å². The molecule has 0 aromatic carbocycles. The number of anilines is 1. The zero-order valence-electron chi connectivity index (χ0n) is 13.5. The third-order valence-electron chi connectivity index (χ3n) is 4.91. The Morgan fingerprint density at radius 3 is 2.92 bits per heavy atom. The molecule has 124 valence electrons. The summed E-state index contributed by atoms with van der Waals surface area (Å²) >= 11 is 6.39. The molecule has 6 nitrogen and oxygen atoms in total. The Morgan fingerprint density at radius 1 is 1.17 bits per heavy atom. The first-order valence-electron chi connectivity index (χ1n) is 8.52. The summed E-state index contributed by atoms with van der Waals surface area (Å²) in [5.74, 6) is 2.88. The van der Waals surface area contributed by atoms with Crippen LogP contribution in [-0.2, 0) is 13.0 Å².